The van der Waals surface area contributed by atoms with E-state index in [1.54, 1.807) is 0 Å². The number of amides is 2. The summed E-state index contributed by atoms with van der Waals surface area (Å²) in [6.45, 7) is 3.58. The number of hydrazine groups is 1. The highest BCUT2D eigenvalue weighted by Crippen LogP contribution is 2.15. The van der Waals surface area contributed by atoms with Crippen LogP contribution in [-0.2, 0) is 11.3 Å². The Hall–Kier alpha value is -2.90. The number of aryl methyl sites for hydroxylation is 2. The first kappa shape index (κ1) is 16.5. The minimum Gasteiger partial charge on any atom is -0.497 e. The minimum atomic E-state index is -0.758. The molecule has 0 fully saturated rings. The third-order valence-electron chi connectivity index (χ3n) is 3.13. The van der Waals surface area contributed by atoms with E-state index in [1.165, 1.54) is 23.9 Å². The molecular formula is C15H17FN4O3. The molecule has 2 N–H and O–H groups in total. The van der Waals surface area contributed by atoms with Gasteiger partial charge in [0.1, 0.15) is 18.1 Å². The SMILES string of the molecule is COc1ccc(C(=O)NNC(=O)Cn2nc(C)cc2C)c(F)c1. The summed E-state index contributed by atoms with van der Waals surface area (Å²) >= 11 is 0. The number of benzene rings is 1. The summed E-state index contributed by atoms with van der Waals surface area (Å²) < 4.78 is 20.1. The lowest BCUT2D eigenvalue weighted by molar-refractivity contribution is -0.122. The zero-order valence-corrected chi connectivity index (χ0v) is 13.0. The van der Waals surface area contributed by atoms with Crippen LogP contribution in [0.2, 0.25) is 0 Å². The molecule has 0 radical (unpaired) electrons. The van der Waals surface area contributed by atoms with Crippen LogP contribution in [0.5, 0.6) is 5.75 Å². The van der Waals surface area contributed by atoms with Gasteiger partial charge in [-0.1, -0.05) is 0 Å². The fraction of sp³-hybridized carbons (Fsp3) is 0.267. The molecule has 1 aromatic heterocycles. The number of nitrogens with zero attached hydrogens (tertiary/aromatic N) is 2. The van der Waals surface area contributed by atoms with Gasteiger partial charge in [-0.25, -0.2) is 4.39 Å². The molecule has 23 heavy (non-hydrogen) atoms. The van der Waals surface area contributed by atoms with Crippen molar-refractivity contribution in [1.29, 1.82) is 0 Å². The molecule has 0 aliphatic heterocycles. The van der Waals surface area contributed by atoms with Gasteiger partial charge >= 0.3 is 0 Å². The zero-order chi connectivity index (χ0) is 17.0. The second-order valence-corrected chi connectivity index (χ2v) is 4.93. The molecule has 0 atom stereocenters. The highest BCUT2D eigenvalue weighted by Gasteiger charge is 2.14. The average molecular weight is 320 g/mol. The number of hydrogen-bond donors (Lipinski definition) is 2. The molecule has 0 bridgehead atoms. The Morgan fingerprint density at radius 2 is 2.00 bits per heavy atom. The highest BCUT2D eigenvalue weighted by atomic mass is 19.1. The maximum atomic E-state index is 13.7. The van der Waals surface area contributed by atoms with Crippen molar-refractivity contribution >= 4 is 11.8 Å². The molecule has 0 aliphatic rings. The third kappa shape index (κ3) is 4.06. The van der Waals surface area contributed by atoms with Gasteiger partial charge in [-0.15, -0.1) is 0 Å². The molecule has 1 aromatic carbocycles. The average Bonchev–Trinajstić information content (AvgIpc) is 2.82. The molecule has 0 aliphatic carbocycles. The number of ether oxygens (including phenoxy) is 1. The van der Waals surface area contributed by atoms with E-state index < -0.39 is 17.6 Å². The van der Waals surface area contributed by atoms with E-state index in [0.29, 0.717) is 5.75 Å². The van der Waals surface area contributed by atoms with E-state index in [1.807, 2.05) is 19.9 Å². The van der Waals surface area contributed by atoms with Crippen molar-refractivity contribution in [3.05, 3.63) is 47.0 Å². The van der Waals surface area contributed by atoms with Gasteiger partial charge < -0.3 is 4.74 Å². The molecule has 7 nitrogen and oxygen atoms in total. The van der Waals surface area contributed by atoms with Crippen molar-refractivity contribution in [3.8, 4) is 5.75 Å². The first-order chi connectivity index (χ1) is 10.9. The van der Waals surface area contributed by atoms with Gasteiger partial charge in [0, 0.05) is 11.8 Å². The van der Waals surface area contributed by atoms with Crippen LogP contribution >= 0.6 is 0 Å². The number of halogens is 1. The number of carbonyl (C=O) groups excluding carboxylic acids is 2. The lowest BCUT2D eigenvalue weighted by atomic mass is 10.2. The van der Waals surface area contributed by atoms with Gasteiger partial charge in [-0.2, -0.15) is 5.10 Å². The minimum absolute atomic E-state index is 0.0505. The van der Waals surface area contributed by atoms with Gasteiger partial charge in [0.15, 0.2) is 0 Å². The smallest absolute Gasteiger partial charge is 0.272 e. The standard InChI is InChI=1S/C15H17FN4O3/c1-9-6-10(2)20(19-9)8-14(21)17-18-15(22)12-5-4-11(23-3)7-13(12)16/h4-7H,8H2,1-3H3,(H,17,21)(H,18,22). The lowest BCUT2D eigenvalue weighted by Gasteiger charge is -2.09. The van der Waals surface area contributed by atoms with Crippen molar-refractivity contribution in [2.24, 2.45) is 0 Å². The zero-order valence-electron chi connectivity index (χ0n) is 13.0. The highest BCUT2D eigenvalue weighted by molar-refractivity contribution is 5.95. The van der Waals surface area contributed by atoms with Gasteiger partial charge in [0.2, 0.25) is 0 Å². The van der Waals surface area contributed by atoms with Gasteiger partial charge in [0.05, 0.1) is 18.4 Å². The van der Waals surface area contributed by atoms with E-state index in [2.05, 4.69) is 16.0 Å². The van der Waals surface area contributed by atoms with Crippen LogP contribution in [0.15, 0.2) is 24.3 Å². The summed E-state index contributed by atoms with van der Waals surface area (Å²) in [5, 5.41) is 4.14. The van der Waals surface area contributed by atoms with E-state index in [4.69, 9.17) is 4.74 Å². The Kier molecular flexibility index (Phi) is 4.95. The summed E-state index contributed by atoms with van der Waals surface area (Å²) in [4.78, 5) is 23.7. The van der Waals surface area contributed by atoms with Crippen molar-refractivity contribution in [2.75, 3.05) is 7.11 Å². The summed E-state index contributed by atoms with van der Waals surface area (Å²) in [5.74, 6) is -1.67. The third-order valence-corrected chi connectivity index (χ3v) is 3.13. The van der Waals surface area contributed by atoms with Crippen molar-refractivity contribution in [3.63, 3.8) is 0 Å². The van der Waals surface area contributed by atoms with Gasteiger partial charge in [0.25, 0.3) is 11.8 Å². The Bertz CT molecular complexity index is 742. The van der Waals surface area contributed by atoms with Crippen molar-refractivity contribution in [2.45, 2.75) is 20.4 Å². The summed E-state index contributed by atoms with van der Waals surface area (Å²) in [6, 6.07) is 5.65. The largest absolute Gasteiger partial charge is 0.497 e. The first-order valence-corrected chi connectivity index (χ1v) is 6.84. The maximum Gasteiger partial charge on any atom is 0.272 e. The molecule has 2 rings (SSSR count). The molecule has 0 spiro atoms. The van der Waals surface area contributed by atoms with E-state index in [9.17, 15) is 14.0 Å². The van der Waals surface area contributed by atoms with Crippen LogP contribution in [0.25, 0.3) is 0 Å². The summed E-state index contributed by atoms with van der Waals surface area (Å²) in [5.41, 5.74) is 5.81. The number of methoxy groups -OCH3 is 1. The van der Waals surface area contributed by atoms with Crippen LogP contribution in [0.3, 0.4) is 0 Å². The summed E-state index contributed by atoms with van der Waals surface area (Å²) in [7, 11) is 1.40. The second kappa shape index (κ2) is 6.91. The number of aromatic nitrogens is 2. The van der Waals surface area contributed by atoms with Crippen LogP contribution < -0.4 is 15.6 Å². The van der Waals surface area contributed by atoms with Gasteiger partial charge in [-0.05, 0) is 32.0 Å². The second-order valence-electron chi connectivity index (χ2n) is 4.93. The number of hydrogen-bond acceptors (Lipinski definition) is 4. The van der Waals surface area contributed by atoms with Crippen molar-refractivity contribution in [1.82, 2.24) is 20.6 Å². The van der Waals surface area contributed by atoms with Gasteiger partial charge in [-0.3, -0.25) is 25.1 Å². The Morgan fingerprint density at radius 1 is 1.26 bits per heavy atom. The number of carbonyl (C=O) groups is 2. The molecule has 2 amide bonds. The number of rotatable bonds is 4. The molecule has 1 heterocycles. The molecule has 8 heteroatoms. The molecule has 0 unspecified atom stereocenters. The van der Waals surface area contributed by atoms with Crippen LogP contribution in [0.4, 0.5) is 4.39 Å². The Balaban J connectivity index is 1.93. The molecular weight excluding hydrogens is 303 g/mol. The van der Waals surface area contributed by atoms with E-state index in [0.717, 1.165) is 17.5 Å². The maximum absolute atomic E-state index is 13.7. The number of nitrogens with one attached hydrogen (secondary N) is 2. The fourth-order valence-electron chi connectivity index (χ4n) is 2.01. The molecule has 0 saturated heterocycles. The Morgan fingerprint density at radius 3 is 2.57 bits per heavy atom. The van der Waals surface area contributed by atoms with Crippen LogP contribution in [-0.4, -0.2) is 28.7 Å². The quantitative estimate of drug-likeness (QED) is 0.827. The molecule has 0 saturated carbocycles. The van der Waals surface area contributed by atoms with Crippen LogP contribution in [0, 0.1) is 19.7 Å². The Labute approximate surface area is 132 Å². The predicted octanol–water partition coefficient (Wildman–Crippen LogP) is 1.11. The normalized spacial score (nSPS) is 10.3. The predicted molar refractivity (Wildman–Crippen MR) is 80.3 cm³/mol. The van der Waals surface area contributed by atoms with Crippen molar-refractivity contribution < 1.29 is 18.7 Å². The first-order valence-electron chi connectivity index (χ1n) is 6.84. The fourth-order valence-corrected chi connectivity index (χ4v) is 2.01. The summed E-state index contributed by atoms with van der Waals surface area (Å²) in [6.07, 6.45) is 0. The molecule has 122 valence electrons. The lowest BCUT2D eigenvalue weighted by Crippen LogP contribution is -2.43. The topological polar surface area (TPSA) is 85.3 Å². The van der Waals surface area contributed by atoms with E-state index >= 15 is 0 Å². The van der Waals surface area contributed by atoms with Crippen LogP contribution in [0.1, 0.15) is 21.7 Å². The monoisotopic (exact) mass is 320 g/mol. The molecule has 2 aromatic rings. The van der Waals surface area contributed by atoms with E-state index in [-0.39, 0.29) is 12.1 Å².